The Hall–Kier alpha value is -1.22. The number of hydrogen-bond donors (Lipinski definition) is 1. The summed E-state index contributed by atoms with van der Waals surface area (Å²) in [4.78, 5) is 0. The van der Waals surface area contributed by atoms with E-state index in [1.54, 1.807) is 0 Å². The van der Waals surface area contributed by atoms with Gasteiger partial charge < -0.3 is 14.8 Å². The van der Waals surface area contributed by atoms with Gasteiger partial charge >= 0.3 is 0 Å². The summed E-state index contributed by atoms with van der Waals surface area (Å²) in [6, 6.07) is 6.29. The molecule has 0 aliphatic carbocycles. The lowest BCUT2D eigenvalue weighted by atomic mass is 10.0. The van der Waals surface area contributed by atoms with Crippen molar-refractivity contribution in [3.63, 3.8) is 0 Å². The minimum absolute atomic E-state index is 0.608. The normalized spacial score (nSPS) is 12.5. The van der Waals surface area contributed by atoms with E-state index < -0.39 is 0 Å². The molecule has 0 saturated heterocycles. The Morgan fingerprint density at radius 1 is 0.952 bits per heavy atom. The molecule has 0 radical (unpaired) electrons. The van der Waals surface area contributed by atoms with E-state index in [-0.39, 0.29) is 0 Å². The highest BCUT2D eigenvalue weighted by Gasteiger charge is 2.09. The van der Waals surface area contributed by atoms with Crippen LogP contribution in [0.3, 0.4) is 0 Å². The van der Waals surface area contributed by atoms with Gasteiger partial charge in [0.1, 0.15) is 0 Å². The molecule has 1 rings (SSSR count). The molecule has 0 aliphatic rings. The summed E-state index contributed by atoms with van der Waals surface area (Å²) in [6.07, 6.45) is 1.05. The predicted molar refractivity (Wildman–Crippen MR) is 89.4 cm³/mol. The second kappa shape index (κ2) is 9.67. The molecule has 0 spiro atoms. The molecule has 0 heterocycles. The summed E-state index contributed by atoms with van der Waals surface area (Å²) in [5, 5.41) is 3.52. The second-order valence-electron chi connectivity index (χ2n) is 6.01. The van der Waals surface area contributed by atoms with Crippen LogP contribution in [0.4, 0.5) is 0 Å². The van der Waals surface area contributed by atoms with Gasteiger partial charge in [0.2, 0.25) is 0 Å². The Kier molecular flexibility index (Phi) is 8.21. The van der Waals surface area contributed by atoms with Gasteiger partial charge in [0, 0.05) is 0 Å². The van der Waals surface area contributed by atoms with Crippen LogP contribution >= 0.6 is 0 Å². The lowest BCUT2D eigenvalue weighted by molar-refractivity contribution is 0.287. The molecule has 3 heteroatoms. The van der Waals surface area contributed by atoms with E-state index >= 15 is 0 Å². The van der Waals surface area contributed by atoms with Crippen molar-refractivity contribution in [2.45, 2.75) is 41.0 Å². The van der Waals surface area contributed by atoms with Crippen LogP contribution in [0.1, 0.15) is 40.2 Å². The molecule has 3 nitrogen and oxygen atoms in total. The van der Waals surface area contributed by atoms with Gasteiger partial charge in [0.15, 0.2) is 11.5 Å². The topological polar surface area (TPSA) is 30.5 Å². The molecular weight excluding hydrogens is 262 g/mol. The van der Waals surface area contributed by atoms with Crippen LogP contribution < -0.4 is 14.8 Å². The van der Waals surface area contributed by atoms with Crippen LogP contribution in [-0.2, 0) is 6.42 Å². The van der Waals surface area contributed by atoms with E-state index in [1.807, 2.05) is 19.9 Å². The van der Waals surface area contributed by atoms with E-state index in [4.69, 9.17) is 9.47 Å². The van der Waals surface area contributed by atoms with Crippen LogP contribution in [0.25, 0.3) is 0 Å². The fourth-order valence-electron chi connectivity index (χ4n) is 2.32. The van der Waals surface area contributed by atoms with Gasteiger partial charge in [-0.2, -0.15) is 0 Å². The third kappa shape index (κ3) is 6.85. The standard InChI is InChI=1S/C18H31NO2/c1-6-20-17-9-8-16(11-18(17)21-7-2)10-15(5)13-19-12-14(3)4/h8-9,11,14-15,19H,6-7,10,12-13H2,1-5H3. The summed E-state index contributed by atoms with van der Waals surface area (Å²) in [5.41, 5.74) is 1.31. The third-order valence-electron chi connectivity index (χ3n) is 3.24. The summed E-state index contributed by atoms with van der Waals surface area (Å²) < 4.78 is 11.3. The van der Waals surface area contributed by atoms with Gasteiger partial charge in [-0.1, -0.05) is 26.8 Å². The summed E-state index contributed by atoms with van der Waals surface area (Å²) >= 11 is 0. The average molecular weight is 293 g/mol. The molecule has 1 atom stereocenters. The Balaban J connectivity index is 2.59. The van der Waals surface area contributed by atoms with Gasteiger partial charge in [-0.15, -0.1) is 0 Å². The first-order valence-electron chi connectivity index (χ1n) is 8.16. The minimum Gasteiger partial charge on any atom is -0.490 e. The fraction of sp³-hybridized carbons (Fsp3) is 0.667. The van der Waals surface area contributed by atoms with Crippen molar-refractivity contribution in [3.8, 4) is 11.5 Å². The maximum atomic E-state index is 5.68. The Morgan fingerprint density at radius 3 is 2.24 bits per heavy atom. The molecule has 0 aliphatic heterocycles. The van der Waals surface area contributed by atoms with E-state index in [0.717, 1.165) is 31.0 Å². The molecule has 0 bridgehead atoms. The highest BCUT2D eigenvalue weighted by Crippen LogP contribution is 2.29. The largest absolute Gasteiger partial charge is 0.490 e. The first kappa shape index (κ1) is 17.8. The van der Waals surface area contributed by atoms with E-state index in [0.29, 0.717) is 25.0 Å². The summed E-state index contributed by atoms with van der Waals surface area (Å²) in [7, 11) is 0. The molecule has 1 unspecified atom stereocenters. The Morgan fingerprint density at radius 2 is 1.62 bits per heavy atom. The number of rotatable bonds is 10. The molecule has 21 heavy (non-hydrogen) atoms. The van der Waals surface area contributed by atoms with Crippen molar-refractivity contribution >= 4 is 0 Å². The zero-order chi connectivity index (χ0) is 15.7. The summed E-state index contributed by atoms with van der Waals surface area (Å²) in [6.45, 7) is 14.2. The minimum atomic E-state index is 0.608. The maximum Gasteiger partial charge on any atom is 0.161 e. The van der Waals surface area contributed by atoms with Gasteiger partial charge in [0.25, 0.3) is 0 Å². The number of ether oxygens (including phenoxy) is 2. The SMILES string of the molecule is CCOc1ccc(CC(C)CNCC(C)C)cc1OCC. The van der Waals surface area contributed by atoms with Crippen LogP contribution in [0.2, 0.25) is 0 Å². The van der Waals surface area contributed by atoms with E-state index in [2.05, 4.69) is 38.2 Å². The van der Waals surface area contributed by atoms with Crippen LogP contribution in [-0.4, -0.2) is 26.3 Å². The maximum absolute atomic E-state index is 5.68. The number of benzene rings is 1. The van der Waals surface area contributed by atoms with Crippen molar-refractivity contribution in [1.29, 1.82) is 0 Å². The summed E-state index contributed by atoms with van der Waals surface area (Å²) in [5.74, 6) is 3.01. The van der Waals surface area contributed by atoms with Gasteiger partial charge in [-0.25, -0.2) is 0 Å². The molecule has 0 fully saturated rings. The highest BCUT2D eigenvalue weighted by atomic mass is 16.5. The zero-order valence-corrected chi connectivity index (χ0v) is 14.2. The molecule has 120 valence electrons. The average Bonchev–Trinajstić information content (AvgIpc) is 2.41. The lowest BCUT2D eigenvalue weighted by Crippen LogP contribution is -2.26. The lowest BCUT2D eigenvalue weighted by Gasteiger charge is -2.16. The molecule has 0 saturated carbocycles. The van der Waals surface area contributed by atoms with Crippen LogP contribution in [0.5, 0.6) is 11.5 Å². The van der Waals surface area contributed by atoms with Crippen molar-refractivity contribution in [2.24, 2.45) is 11.8 Å². The van der Waals surface area contributed by atoms with E-state index in [9.17, 15) is 0 Å². The first-order valence-corrected chi connectivity index (χ1v) is 8.16. The Labute approximate surface area is 130 Å². The molecule has 0 amide bonds. The third-order valence-corrected chi connectivity index (χ3v) is 3.24. The quantitative estimate of drug-likeness (QED) is 0.709. The fourth-order valence-corrected chi connectivity index (χ4v) is 2.32. The second-order valence-corrected chi connectivity index (χ2v) is 6.01. The zero-order valence-electron chi connectivity index (χ0n) is 14.2. The molecule has 0 aromatic heterocycles. The highest BCUT2D eigenvalue weighted by molar-refractivity contribution is 5.43. The van der Waals surface area contributed by atoms with E-state index in [1.165, 1.54) is 5.56 Å². The molecular formula is C18H31NO2. The van der Waals surface area contributed by atoms with Crippen LogP contribution in [0.15, 0.2) is 18.2 Å². The molecule has 1 aromatic carbocycles. The van der Waals surface area contributed by atoms with Crippen molar-refractivity contribution in [2.75, 3.05) is 26.3 Å². The van der Waals surface area contributed by atoms with Crippen LogP contribution in [0, 0.1) is 11.8 Å². The molecule has 1 aromatic rings. The van der Waals surface area contributed by atoms with Gasteiger partial charge in [-0.3, -0.25) is 0 Å². The van der Waals surface area contributed by atoms with Gasteiger partial charge in [0.05, 0.1) is 13.2 Å². The predicted octanol–water partition coefficient (Wildman–Crippen LogP) is 3.91. The molecule has 1 N–H and O–H groups in total. The number of nitrogens with one attached hydrogen (secondary N) is 1. The number of hydrogen-bond acceptors (Lipinski definition) is 3. The van der Waals surface area contributed by atoms with Crippen molar-refractivity contribution in [3.05, 3.63) is 23.8 Å². The first-order chi connectivity index (χ1) is 10.1. The van der Waals surface area contributed by atoms with Crippen molar-refractivity contribution in [1.82, 2.24) is 5.32 Å². The monoisotopic (exact) mass is 293 g/mol. The van der Waals surface area contributed by atoms with Gasteiger partial charge in [-0.05, 0) is 62.9 Å². The Bertz CT molecular complexity index is 404. The smallest absolute Gasteiger partial charge is 0.161 e. The van der Waals surface area contributed by atoms with Crippen molar-refractivity contribution < 1.29 is 9.47 Å².